The van der Waals surface area contributed by atoms with Gasteiger partial charge in [0.1, 0.15) is 11.3 Å². The maximum absolute atomic E-state index is 9.10. The summed E-state index contributed by atoms with van der Waals surface area (Å²) in [5.74, 6) is -1.27. The smallest absolute Gasteiger partial charge is 0.414 e. The monoisotopic (exact) mass is 427 g/mol. The third-order valence-corrected chi connectivity index (χ3v) is 4.13. The molecule has 0 aliphatic carbocycles. The van der Waals surface area contributed by atoms with Crippen molar-refractivity contribution in [2.24, 2.45) is 0 Å². The van der Waals surface area contributed by atoms with Crippen molar-refractivity contribution in [3.05, 3.63) is 60.3 Å². The highest BCUT2D eigenvalue weighted by molar-refractivity contribution is 6.27. The van der Waals surface area contributed by atoms with Gasteiger partial charge in [-0.15, -0.1) is 0 Å². The molecule has 2 N–H and O–H groups in total. The fourth-order valence-electron chi connectivity index (χ4n) is 2.64. The van der Waals surface area contributed by atoms with Crippen LogP contribution in [0.3, 0.4) is 0 Å². The minimum absolute atomic E-state index is 0.636. The van der Waals surface area contributed by atoms with Gasteiger partial charge >= 0.3 is 11.9 Å². The van der Waals surface area contributed by atoms with E-state index >= 15 is 0 Å². The van der Waals surface area contributed by atoms with Crippen LogP contribution in [-0.2, 0) is 9.59 Å². The van der Waals surface area contributed by atoms with Gasteiger partial charge in [0.2, 0.25) is 0 Å². The first-order chi connectivity index (χ1) is 14.9. The third-order valence-electron chi connectivity index (χ3n) is 4.13. The molecule has 164 valence electrons. The van der Waals surface area contributed by atoms with E-state index in [2.05, 4.69) is 17.1 Å². The number of hydrogen-bond donors (Lipinski definition) is 2. The van der Waals surface area contributed by atoms with E-state index in [4.69, 9.17) is 34.0 Å². The number of pyridine rings is 1. The Labute approximate surface area is 180 Å². The Morgan fingerprint density at radius 3 is 2.00 bits per heavy atom. The number of ether oxygens (including phenoxy) is 3. The van der Waals surface area contributed by atoms with Crippen LogP contribution in [0.2, 0.25) is 0 Å². The molecular weight excluding hydrogens is 402 g/mol. The highest BCUT2D eigenvalue weighted by Crippen LogP contribution is 2.26. The van der Waals surface area contributed by atoms with Crippen LogP contribution in [0.5, 0.6) is 17.2 Å². The van der Waals surface area contributed by atoms with Gasteiger partial charge in [-0.3, -0.25) is 0 Å². The van der Waals surface area contributed by atoms with Crippen molar-refractivity contribution < 1.29 is 34.0 Å². The molecule has 0 saturated heterocycles. The quantitative estimate of drug-likeness (QED) is 0.410. The Kier molecular flexibility index (Phi) is 9.10. The van der Waals surface area contributed by atoms with Gasteiger partial charge in [-0.1, -0.05) is 30.3 Å². The van der Waals surface area contributed by atoms with Crippen LogP contribution in [0.25, 0.3) is 10.9 Å². The van der Waals surface area contributed by atoms with E-state index in [1.54, 1.807) is 7.11 Å². The minimum Gasteiger partial charge on any atom is -0.493 e. The Bertz CT molecular complexity index is 1010. The van der Waals surface area contributed by atoms with Crippen molar-refractivity contribution >= 4 is 22.8 Å². The third kappa shape index (κ3) is 7.50. The van der Waals surface area contributed by atoms with Gasteiger partial charge < -0.3 is 24.4 Å². The highest BCUT2D eigenvalue weighted by atomic mass is 16.5. The van der Waals surface area contributed by atoms with Crippen molar-refractivity contribution in [2.45, 2.75) is 19.8 Å². The number of hydrogen-bond acceptors (Lipinski definition) is 6. The summed E-state index contributed by atoms with van der Waals surface area (Å²) in [6.45, 7) is 3.27. The lowest BCUT2D eigenvalue weighted by Crippen LogP contribution is -2.09. The molecule has 8 heteroatoms. The fraction of sp³-hybridized carbons (Fsp3) is 0.261. The van der Waals surface area contributed by atoms with Crippen molar-refractivity contribution in [3.63, 3.8) is 0 Å². The number of methoxy groups -OCH3 is 1. The molecule has 31 heavy (non-hydrogen) atoms. The lowest BCUT2D eigenvalue weighted by Gasteiger charge is -2.11. The number of rotatable bonds is 8. The molecule has 0 saturated carbocycles. The summed E-state index contributed by atoms with van der Waals surface area (Å²) < 4.78 is 17.0. The number of nitrogens with zero attached hydrogens (tertiary/aromatic N) is 1. The molecule has 0 unspecified atom stereocenters. The Hall–Kier alpha value is -3.81. The summed E-state index contributed by atoms with van der Waals surface area (Å²) in [7, 11) is 1.65. The molecule has 2 aromatic carbocycles. The van der Waals surface area contributed by atoms with Gasteiger partial charge in [0, 0.05) is 11.1 Å². The summed E-state index contributed by atoms with van der Waals surface area (Å²) in [5.41, 5.74) is 1.92. The molecule has 3 rings (SSSR count). The first-order valence-electron chi connectivity index (χ1n) is 9.63. The lowest BCUT2D eigenvalue weighted by atomic mass is 10.2. The van der Waals surface area contributed by atoms with E-state index in [-0.39, 0.29) is 0 Å². The number of aryl methyl sites for hydroxylation is 1. The number of carboxylic acid groups (broad SMARTS) is 2. The summed E-state index contributed by atoms with van der Waals surface area (Å²) in [6, 6.07) is 17.8. The maximum Gasteiger partial charge on any atom is 0.414 e. The van der Waals surface area contributed by atoms with Crippen LogP contribution in [-0.4, -0.2) is 47.5 Å². The van der Waals surface area contributed by atoms with Crippen LogP contribution >= 0.6 is 0 Å². The molecule has 0 radical (unpaired) electrons. The molecular formula is C23H25NO7. The largest absolute Gasteiger partial charge is 0.493 e. The van der Waals surface area contributed by atoms with Gasteiger partial charge in [0.15, 0.2) is 11.5 Å². The molecule has 0 atom stereocenters. The molecule has 1 aromatic heterocycles. The molecule has 0 spiro atoms. The number of benzene rings is 2. The number of carbonyl (C=O) groups is 2. The van der Waals surface area contributed by atoms with E-state index in [1.807, 2.05) is 49.4 Å². The summed E-state index contributed by atoms with van der Waals surface area (Å²) in [5, 5.41) is 15.9. The average molecular weight is 427 g/mol. The van der Waals surface area contributed by atoms with Crippen LogP contribution in [0.15, 0.2) is 54.6 Å². The predicted molar refractivity (Wildman–Crippen MR) is 115 cm³/mol. The van der Waals surface area contributed by atoms with Crippen LogP contribution in [0, 0.1) is 6.92 Å². The van der Waals surface area contributed by atoms with Gasteiger partial charge in [-0.05, 0) is 44.0 Å². The van der Waals surface area contributed by atoms with E-state index in [0.717, 1.165) is 46.7 Å². The van der Waals surface area contributed by atoms with Gasteiger partial charge in [-0.25, -0.2) is 14.6 Å². The van der Waals surface area contributed by atoms with Crippen LogP contribution < -0.4 is 14.2 Å². The van der Waals surface area contributed by atoms with E-state index in [9.17, 15) is 0 Å². The highest BCUT2D eigenvalue weighted by Gasteiger charge is 2.05. The Balaban J connectivity index is 0.000000501. The summed E-state index contributed by atoms with van der Waals surface area (Å²) in [4.78, 5) is 22.8. The molecule has 0 fully saturated rings. The SMILES string of the molecule is COc1ccccc1OCCCCOc1cccc2ccc(C)nc12.O=C(O)C(=O)O. The lowest BCUT2D eigenvalue weighted by molar-refractivity contribution is -0.159. The van der Waals surface area contributed by atoms with Gasteiger partial charge in [0.05, 0.1) is 20.3 Å². The second-order valence-electron chi connectivity index (χ2n) is 6.45. The summed E-state index contributed by atoms with van der Waals surface area (Å²) >= 11 is 0. The average Bonchev–Trinajstić information content (AvgIpc) is 2.77. The van der Waals surface area contributed by atoms with Gasteiger partial charge in [-0.2, -0.15) is 0 Å². The molecule has 0 bridgehead atoms. The molecule has 3 aromatic rings. The normalized spacial score (nSPS) is 10.0. The Morgan fingerprint density at radius 2 is 1.39 bits per heavy atom. The molecule has 0 aliphatic heterocycles. The predicted octanol–water partition coefficient (Wildman–Crippen LogP) is 3.95. The van der Waals surface area contributed by atoms with Crippen molar-refractivity contribution in [1.82, 2.24) is 4.98 Å². The molecule has 0 amide bonds. The first-order valence-corrected chi connectivity index (χ1v) is 9.63. The van der Waals surface area contributed by atoms with E-state index < -0.39 is 11.9 Å². The van der Waals surface area contributed by atoms with Crippen molar-refractivity contribution in [1.29, 1.82) is 0 Å². The zero-order chi connectivity index (χ0) is 22.6. The van der Waals surface area contributed by atoms with Gasteiger partial charge in [0.25, 0.3) is 0 Å². The second-order valence-corrected chi connectivity index (χ2v) is 6.45. The van der Waals surface area contributed by atoms with Crippen LogP contribution in [0.1, 0.15) is 18.5 Å². The standard InChI is InChI=1S/C21H23NO3.C2H2O4/c1-16-12-13-17-8-7-11-20(21(17)22-16)25-15-6-5-14-24-19-10-4-3-9-18(19)23-2;3-1(4)2(5)6/h3-4,7-13H,5-6,14-15H2,1-2H3;(H,3,4)(H,5,6). The van der Waals surface area contributed by atoms with Crippen molar-refractivity contribution in [2.75, 3.05) is 20.3 Å². The molecule has 1 heterocycles. The number of aliphatic carboxylic acids is 2. The zero-order valence-electron chi connectivity index (χ0n) is 17.4. The summed E-state index contributed by atoms with van der Waals surface area (Å²) in [6.07, 6.45) is 1.83. The van der Waals surface area contributed by atoms with E-state index in [1.165, 1.54) is 0 Å². The number of carboxylic acids is 2. The van der Waals surface area contributed by atoms with E-state index in [0.29, 0.717) is 13.2 Å². The zero-order valence-corrected chi connectivity index (χ0v) is 17.4. The topological polar surface area (TPSA) is 115 Å². The number of unbranched alkanes of at least 4 members (excludes halogenated alkanes) is 1. The fourth-order valence-corrected chi connectivity index (χ4v) is 2.64. The maximum atomic E-state index is 9.10. The number of fused-ring (bicyclic) bond motifs is 1. The second kappa shape index (κ2) is 12.0. The first kappa shape index (κ1) is 23.5. The minimum atomic E-state index is -1.82. The van der Waals surface area contributed by atoms with Crippen LogP contribution in [0.4, 0.5) is 0 Å². The molecule has 8 nitrogen and oxygen atoms in total. The molecule has 0 aliphatic rings. The van der Waals surface area contributed by atoms with Crippen molar-refractivity contribution in [3.8, 4) is 17.2 Å². The Morgan fingerprint density at radius 1 is 0.806 bits per heavy atom. The number of para-hydroxylation sites is 3. The number of aromatic nitrogens is 1.